The molecule has 0 aromatic carbocycles. The second-order valence-electron chi connectivity index (χ2n) is 2.80. The molecule has 2 aromatic heterocycles. The van der Waals surface area contributed by atoms with Crippen molar-refractivity contribution in [2.24, 2.45) is 5.73 Å². The van der Waals surface area contributed by atoms with Crippen molar-refractivity contribution in [2.75, 3.05) is 6.54 Å². The third-order valence-corrected chi connectivity index (χ3v) is 3.40. The Balaban J connectivity index is 2.24. The predicted octanol–water partition coefficient (Wildman–Crippen LogP) is 1.59. The van der Waals surface area contributed by atoms with Crippen LogP contribution in [-0.4, -0.2) is 21.5 Å². The Morgan fingerprint density at radius 2 is 2.43 bits per heavy atom. The van der Waals surface area contributed by atoms with Gasteiger partial charge in [-0.1, -0.05) is 5.21 Å². The van der Waals surface area contributed by atoms with Gasteiger partial charge in [0.25, 0.3) is 0 Å². The summed E-state index contributed by atoms with van der Waals surface area (Å²) in [6.07, 6.45) is 2.68. The zero-order chi connectivity index (χ0) is 9.97. The van der Waals surface area contributed by atoms with Gasteiger partial charge in [0, 0.05) is 16.3 Å². The maximum Gasteiger partial charge on any atom is 0.120 e. The molecule has 0 unspecified atom stereocenters. The molecular formula is C8H9BrN4S. The van der Waals surface area contributed by atoms with E-state index in [4.69, 9.17) is 5.73 Å². The third kappa shape index (κ3) is 2.02. The van der Waals surface area contributed by atoms with E-state index in [9.17, 15) is 0 Å². The van der Waals surface area contributed by atoms with Crippen molar-refractivity contribution in [1.82, 2.24) is 15.0 Å². The van der Waals surface area contributed by atoms with Gasteiger partial charge in [-0.25, -0.2) is 4.68 Å². The molecule has 0 amide bonds. The van der Waals surface area contributed by atoms with Crippen molar-refractivity contribution >= 4 is 27.3 Å². The van der Waals surface area contributed by atoms with E-state index in [1.807, 2.05) is 17.6 Å². The summed E-state index contributed by atoms with van der Waals surface area (Å²) in [5.74, 6) is 0. The molecule has 2 heterocycles. The molecule has 0 fully saturated rings. The second kappa shape index (κ2) is 4.20. The summed E-state index contributed by atoms with van der Waals surface area (Å²) < 4.78 is 2.83. The number of nitrogens with two attached hydrogens (primary N) is 1. The molecule has 0 atom stereocenters. The Hall–Kier alpha value is -0.720. The van der Waals surface area contributed by atoms with E-state index in [1.165, 1.54) is 0 Å². The maximum absolute atomic E-state index is 5.43. The summed E-state index contributed by atoms with van der Waals surface area (Å²) in [6.45, 7) is 0.604. The summed E-state index contributed by atoms with van der Waals surface area (Å²) >= 11 is 5.01. The Morgan fingerprint density at radius 1 is 1.57 bits per heavy atom. The first-order valence-electron chi connectivity index (χ1n) is 4.15. The van der Waals surface area contributed by atoms with E-state index < -0.39 is 0 Å². The van der Waals surface area contributed by atoms with Crippen LogP contribution in [0.3, 0.4) is 0 Å². The average Bonchev–Trinajstić information content (AvgIpc) is 2.74. The summed E-state index contributed by atoms with van der Waals surface area (Å²) in [6, 6.07) is 2.01. The quantitative estimate of drug-likeness (QED) is 0.924. The van der Waals surface area contributed by atoms with Gasteiger partial charge in [0.2, 0.25) is 0 Å². The van der Waals surface area contributed by atoms with Crippen LogP contribution in [0.4, 0.5) is 0 Å². The molecule has 2 N–H and O–H groups in total. The number of hydrogen-bond acceptors (Lipinski definition) is 4. The van der Waals surface area contributed by atoms with Crippen molar-refractivity contribution in [3.8, 4) is 5.00 Å². The summed E-state index contributed by atoms with van der Waals surface area (Å²) in [5, 5.41) is 11.1. The van der Waals surface area contributed by atoms with E-state index in [0.29, 0.717) is 6.54 Å². The van der Waals surface area contributed by atoms with Gasteiger partial charge in [-0.2, -0.15) is 0 Å². The van der Waals surface area contributed by atoms with Crippen LogP contribution in [0.1, 0.15) is 5.69 Å². The van der Waals surface area contributed by atoms with E-state index in [2.05, 4.69) is 26.2 Å². The van der Waals surface area contributed by atoms with Crippen LogP contribution in [0.25, 0.3) is 5.00 Å². The zero-order valence-electron chi connectivity index (χ0n) is 7.35. The third-order valence-electron chi connectivity index (χ3n) is 1.72. The smallest absolute Gasteiger partial charge is 0.120 e. The minimum atomic E-state index is 0.604. The minimum absolute atomic E-state index is 0.604. The van der Waals surface area contributed by atoms with Crippen molar-refractivity contribution in [2.45, 2.75) is 6.42 Å². The molecule has 0 saturated heterocycles. The Kier molecular flexibility index (Phi) is 2.95. The number of aromatic nitrogens is 3. The molecule has 4 nitrogen and oxygen atoms in total. The van der Waals surface area contributed by atoms with Crippen LogP contribution >= 0.6 is 27.3 Å². The van der Waals surface area contributed by atoms with Crippen molar-refractivity contribution in [3.63, 3.8) is 0 Å². The number of thiophene rings is 1. The first-order valence-corrected chi connectivity index (χ1v) is 5.82. The predicted molar refractivity (Wildman–Crippen MR) is 59.7 cm³/mol. The van der Waals surface area contributed by atoms with E-state index in [0.717, 1.165) is 21.6 Å². The van der Waals surface area contributed by atoms with Gasteiger partial charge in [0.05, 0.1) is 11.9 Å². The molecular weight excluding hydrogens is 264 g/mol. The molecule has 0 aliphatic rings. The van der Waals surface area contributed by atoms with Crippen LogP contribution in [0.15, 0.2) is 22.1 Å². The molecule has 0 aliphatic heterocycles. The van der Waals surface area contributed by atoms with Crippen LogP contribution in [0, 0.1) is 0 Å². The lowest BCUT2D eigenvalue weighted by atomic mass is 10.3. The van der Waals surface area contributed by atoms with E-state index in [-0.39, 0.29) is 0 Å². The molecule has 6 heteroatoms. The topological polar surface area (TPSA) is 56.7 Å². The van der Waals surface area contributed by atoms with Crippen LogP contribution in [0.5, 0.6) is 0 Å². The van der Waals surface area contributed by atoms with Crippen molar-refractivity contribution < 1.29 is 0 Å². The van der Waals surface area contributed by atoms with E-state index in [1.54, 1.807) is 16.0 Å². The summed E-state index contributed by atoms with van der Waals surface area (Å²) in [4.78, 5) is 0. The average molecular weight is 273 g/mol. The molecule has 2 aromatic rings. The van der Waals surface area contributed by atoms with Crippen molar-refractivity contribution in [1.29, 1.82) is 0 Å². The van der Waals surface area contributed by atoms with Gasteiger partial charge < -0.3 is 5.73 Å². The second-order valence-corrected chi connectivity index (χ2v) is 4.60. The number of halogens is 1. The Bertz CT molecular complexity index is 422. The monoisotopic (exact) mass is 272 g/mol. The van der Waals surface area contributed by atoms with Gasteiger partial charge in [-0.3, -0.25) is 0 Å². The zero-order valence-corrected chi connectivity index (χ0v) is 9.75. The lowest BCUT2D eigenvalue weighted by Gasteiger charge is -1.91. The molecule has 2 rings (SSSR count). The number of hydrogen-bond donors (Lipinski definition) is 1. The molecule has 0 bridgehead atoms. The van der Waals surface area contributed by atoms with Crippen LogP contribution in [-0.2, 0) is 6.42 Å². The molecule has 0 spiro atoms. The highest BCUT2D eigenvalue weighted by atomic mass is 79.9. The fourth-order valence-electron chi connectivity index (χ4n) is 1.09. The normalized spacial score (nSPS) is 10.7. The lowest BCUT2D eigenvalue weighted by Crippen LogP contribution is -2.02. The highest BCUT2D eigenvalue weighted by molar-refractivity contribution is 9.10. The molecule has 0 aliphatic carbocycles. The van der Waals surface area contributed by atoms with Gasteiger partial charge in [0.15, 0.2) is 0 Å². The minimum Gasteiger partial charge on any atom is -0.330 e. The van der Waals surface area contributed by atoms with Crippen LogP contribution in [0.2, 0.25) is 0 Å². The Morgan fingerprint density at radius 3 is 3.07 bits per heavy atom. The molecule has 0 radical (unpaired) electrons. The highest BCUT2D eigenvalue weighted by Crippen LogP contribution is 2.22. The first kappa shape index (κ1) is 9.82. The van der Waals surface area contributed by atoms with Gasteiger partial charge in [0.1, 0.15) is 5.00 Å². The highest BCUT2D eigenvalue weighted by Gasteiger charge is 2.03. The standard InChI is InChI=1S/C8H9BrN4S/c9-6-3-8(14-5-6)13-4-7(1-2-10)11-12-13/h3-5H,1-2,10H2. The molecule has 14 heavy (non-hydrogen) atoms. The van der Waals surface area contributed by atoms with Gasteiger partial charge >= 0.3 is 0 Å². The fraction of sp³-hybridized carbons (Fsp3) is 0.250. The van der Waals surface area contributed by atoms with Crippen LogP contribution < -0.4 is 5.73 Å². The van der Waals surface area contributed by atoms with Gasteiger partial charge in [-0.05, 0) is 28.5 Å². The summed E-state index contributed by atoms with van der Waals surface area (Å²) in [7, 11) is 0. The SMILES string of the molecule is NCCc1cn(-c2cc(Br)cs2)nn1. The number of nitrogens with zero attached hydrogens (tertiary/aromatic N) is 3. The molecule has 74 valence electrons. The fourth-order valence-corrected chi connectivity index (χ4v) is 2.43. The van der Waals surface area contributed by atoms with Gasteiger partial charge in [-0.15, -0.1) is 16.4 Å². The summed E-state index contributed by atoms with van der Waals surface area (Å²) in [5.41, 5.74) is 6.36. The first-order chi connectivity index (χ1) is 6.79. The largest absolute Gasteiger partial charge is 0.330 e. The maximum atomic E-state index is 5.43. The lowest BCUT2D eigenvalue weighted by molar-refractivity contribution is 0.804. The van der Waals surface area contributed by atoms with E-state index >= 15 is 0 Å². The number of rotatable bonds is 3. The molecule has 0 saturated carbocycles. The van der Waals surface area contributed by atoms with Crippen molar-refractivity contribution in [3.05, 3.63) is 27.8 Å². The Labute approximate surface area is 93.9 Å².